The summed E-state index contributed by atoms with van der Waals surface area (Å²) >= 11 is 3.25. The molecule has 0 fully saturated rings. The van der Waals surface area contributed by atoms with Gasteiger partial charge in [-0.15, -0.1) is 10.2 Å². The van der Waals surface area contributed by atoms with Gasteiger partial charge in [-0.2, -0.15) is 0 Å². The first-order valence-corrected chi connectivity index (χ1v) is 8.58. The third-order valence-corrected chi connectivity index (χ3v) is 4.89. The zero-order valence-electron chi connectivity index (χ0n) is 12.3. The van der Waals surface area contributed by atoms with Crippen molar-refractivity contribution in [3.63, 3.8) is 0 Å². The standard InChI is InChI=1S/C13H18N4O2S2/c1-4-10-11(8(2)19-17-10)12(18)14-6-5-7-20-13-16-15-9(3)21-13/h4-7H2,1-3H3,(H,14,18). The molecule has 1 N–H and O–H groups in total. The van der Waals surface area contributed by atoms with Crippen molar-refractivity contribution in [3.8, 4) is 0 Å². The summed E-state index contributed by atoms with van der Waals surface area (Å²) in [5.74, 6) is 1.36. The largest absolute Gasteiger partial charge is 0.361 e. The first-order chi connectivity index (χ1) is 10.1. The van der Waals surface area contributed by atoms with Gasteiger partial charge >= 0.3 is 0 Å². The van der Waals surface area contributed by atoms with Gasteiger partial charge in [0.1, 0.15) is 16.3 Å². The molecular formula is C13H18N4O2S2. The van der Waals surface area contributed by atoms with Crippen molar-refractivity contribution in [3.05, 3.63) is 22.0 Å². The predicted octanol–water partition coefficient (Wildman–Crippen LogP) is 2.62. The van der Waals surface area contributed by atoms with Crippen molar-refractivity contribution in [1.82, 2.24) is 20.7 Å². The van der Waals surface area contributed by atoms with Gasteiger partial charge in [-0.05, 0) is 26.7 Å². The van der Waals surface area contributed by atoms with Crippen molar-refractivity contribution in [2.45, 2.75) is 38.0 Å². The molecule has 0 spiro atoms. The van der Waals surface area contributed by atoms with Crippen LogP contribution in [0.15, 0.2) is 8.86 Å². The predicted molar refractivity (Wildman–Crippen MR) is 82.9 cm³/mol. The van der Waals surface area contributed by atoms with Gasteiger partial charge in [-0.25, -0.2) is 0 Å². The lowest BCUT2D eigenvalue weighted by Crippen LogP contribution is -2.26. The maximum atomic E-state index is 12.1. The summed E-state index contributed by atoms with van der Waals surface area (Å²) in [5.41, 5.74) is 1.29. The maximum absolute atomic E-state index is 12.1. The van der Waals surface area contributed by atoms with E-state index in [4.69, 9.17) is 4.52 Å². The van der Waals surface area contributed by atoms with E-state index < -0.39 is 0 Å². The summed E-state index contributed by atoms with van der Waals surface area (Å²) < 4.78 is 6.04. The second-order valence-corrected chi connectivity index (χ2v) is 6.98. The topological polar surface area (TPSA) is 80.9 Å². The van der Waals surface area contributed by atoms with Crippen LogP contribution in [0.2, 0.25) is 0 Å². The molecule has 1 amide bonds. The number of hydrogen-bond donors (Lipinski definition) is 1. The Morgan fingerprint density at radius 3 is 2.86 bits per heavy atom. The van der Waals surface area contributed by atoms with Gasteiger partial charge in [0.05, 0.1) is 5.69 Å². The van der Waals surface area contributed by atoms with Gasteiger partial charge < -0.3 is 9.84 Å². The molecule has 21 heavy (non-hydrogen) atoms. The zero-order valence-corrected chi connectivity index (χ0v) is 13.9. The Kier molecular flexibility index (Phi) is 5.75. The van der Waals surface area contributed by atoms with Crippen LogP contribution in [0.1, 0.15) is 40.2 Å². The number of thioether (sulfide) groups is 1. The van der Waals surface area contributed by atoms with E-state index >= 15 is 0 Å². The Morgan fingerprint density at radius 1 is 1.38 bits per heavy atom. The second-order valence-electron chi connectivity index (χ2n) is 4.46. The van der Waals surface area contributed by atoms with Crippen molar-refractivity contribution >= 4 is 29.0 Å². The average Bonchev–Trinajstić information content (AvgIpc) is 3.04. The molecular weight excluding hydrogens is 308 g/mol. The molecule has 8 heteroatoms. The maximum Gasteiger partial charge on any atom is 0.256 e. The van der Waals surface area contributed by atoms with Crippen LogP contribution in [-0.4, -0.2) is 33.6 Å². The molecule has 0 aromatic carbocycles. The van der Waals surface area contributed by atoms with Crippen LogP contribution in [-0.2, 0) is 6.42 Å². The highest BCUT2D eigenvalue weighted by atomic mass is 32.2. The normalized spacial score (nSPS) is 10.8. The number of carbonyl (C=O) groups is 1. The average molecular weight is 326 g/mol. The quantitative estimate of drug-likeness (QED) is 0.622. The Bertz CT molecular complexity index is 609. The van der Waals surface area contributed by atoms with Gasteiger partial charge in [-0.1, -0.05) is 35.2 Å². The summed E-state index contributed by atoms with van der Waals surface area (Å²) in [4.78, 5) is 12.1. The van der Waals surface area contributed by atoms with Gasteiger partial charge in [0.15, 0.2) is 4.34 Å². The molecule has 6 nitrogen and oxygen atoms in total. The molecule has 0 unspecified atom stereocenters. The summed E-state index contributed by atoms with van der Waals surface area (Å²) in [6, 6.07) is 0. The van der Waals surface area contributed by atoms with Crippen LogP contribution >= 0.6 is 23.1 Å². The molecule has 114 valence electrons. The smallest absolute Gasteiger partial charge is 0.256 e. The second kappa shape index (κ2) is 7.56. The van der Waals surface area contributed by atoms with Crippen molar-refractivity contribution in [2.75, 3.05) is 12.3 Å². The van der Waals surface area contributed by atoms with Crippen LogP contribution in [0.25, 0.3) is 0 Å². The number of rotatable bonds is 7. The highest BCUT2D eigenvalue weighted by Gasteiger charge is 2.18. The van der Waals surface area contributed by atoms with E-state index in [1.54, 1.807) is 30.0 Å². The first kappa shape index (κ1) is 16.0. The molecule has 0 radical (unpaired) electrons. The lowest BCUT2D eigenvalue weighted by molar-refractivity contribution is 0.0951. The summed E-state index contributed by atoms with van der Waals surface area (Å²) in [6.07, 6.45) is 1.56. The minimum atomic E-state index is -0.109. The minimum absolute atomic E-state index is 0.109. The Balaban J connectivity index is 1.73. The fraction of sp³-hybridized carbons (Fsp3) is 0.538. The van der Waals surface area contributed by atoms with Gasteiger partial charge in [0.2, 0.25) is 0 Å². The number of nitrogens with one attached hydrogen (secondary N) is 1. The fourth-order valence-corrected chi connectivity index (χ4v) is 3.63. The summed E-state index contributed by atoms with van der Waals surface area (Å²) in [6.45, 7) is 6.27. The SMILES string of the molecule is CCc1noc(C)c1C(=O)NCCCSc1nnc(C)s1. The first-order valence-electron chi connectivity index (χ1n) is 6.78. The molecule has 0 aliphatic heterocycles. The van der Waals surface area contributed by atoms with Gasteiger partial charge in [0.25, 0.3) is 5.91 Å². The van der Waals surface area contributed by atoms with Crippen LogP contribution in [0.5, 0.6) is 0 Å². The third-order valence-electron chi connectivity index (χ3n) is 2.84. The van der Waals surface area contributed by atoms with Crippen LogP contribution < -0.4 is 5.32 Å². The number of carbonyl (C=O) groups excluding carboxylic acids is 1. The highest BCUT2D eigenvalue weighted by Crippen LogP contribution is 2.22. The molecule has 0 saturated heterocycles. The van der Waals surface area contributed by atoms with E-state index in [1.807, 2.05) is 13.8 Å². The lowest BCUT2D eigenvalue weighted by Gasteiger charge is -2.04. The van der Waals surface area contributed by atoms with E-state index in [-0.39, 0.29) is 5.91 Å². The van der Waals surface area contributed by atoms with Crippen LogP contribution in [0.4, 0.5) is 0 Å². The number of amides is 1. The molecule has 2 rings (SSSR count). The lowest BCUT2D eigenvalue weighted by atomic mass is 10.1. The molecule has 0 bridgehead atoms. The van der Waals surface area contributed by atoms with Crippen LogP contribution in [0, 0.1) is 13.8 Å². The number of aromatic nitrogens is 3. The van der Waals surface area contributed by atoms with Crippen molar-refractivity contribution < 1.29 is 9.32 Å². The number of aryl methyl sites for hydroxylation is 3. The molecule has 0 atom stereocenters. The van der Waals surface area contributed by atoms with E-state index in [1.165, 1.54) is 0 Å². The highest BCUT2D eigenvalue weighted by molar-refractivity contribution is 8.01. The van der Waals surface area contributed by atoms with E-state index in [2.05, 4.69) is 20.7 Å². The summed E-state index contributed by atoms with van der Waals surface area (Å²) in [7, 11) is 0. The number of hydrogen-bond acceptors (Lipinski definition) is 7. The van der Waals surface area contributed by atoms with E-state index in [9.17, 15) is 4.79 Å². The monoisotopic (exact) mass is 326 g/mol. The Morgan fingerprint density at radius 2 is 2.19 bits per heavy atom. The molecule has 0 saturated carbocycles. The molecule has 2 aromatic rings. The minimum Gasteiger partial charge on any atom is -0.361 e. The van der Waals surface area contributed by atoms with Crippen LogP contribution in [0.3, 0.4) is 0 Å². The van der Waals surface area contributed by atoms with E-state index in [0.29, 0.717) is 30.0 Å². The van der Waals surface area contributed by atoms with Crippen molar-refractivity contribution in [1.29, 1.82) is 0 Å². The molecule has 2 heterocycles. The molecule has 2 aromatic heterocycles. The fourth-order valence-electron chi connectivity index (χ4n) is 1.81. The van der Waals surface area contributed by atoms with Gasteiger partial charge in [0, 0.05) is 12.3 Å². The molecule has 0 aliphatic rings. The van der Waals surface area contributed by atoms with Gasteiger partial charge in [-0.3, -0.25) is 4.79 Å². The number of nitrogens with zero attached hydrogens (tertiary/aromatic N) is 3. The van der Waals surface area contributed by atoms with Crippen molar-refractivity contribution in [2.24, 2.45) is 0 Å². The zero-order chi connectivity index (χ0) is 15.2. The summed E-state index contributed by atoms with van der Waals surface area (Å²) in [5, 5.41) is 15.8. The third kappa shape index (κ3) is 4.28. The Hall–Kier alpha value is -1.41. The van der Waals surface area contributed by atoms with E-state index in [0.717, 1.165) is 21.5 Å². The Labute approximate surface area is 131 Å². The molecule has 0 aliphatic carbocycles.